The Morgan fingerprint density at radius 2 is 1.08 bits per heavy atom. The minimum absolute atomic E-state index is 0.0304. The van der Waals surface area contributed by atoms with Crippen molar-refractivity contribution in [3.05, 3.63) is 28.8 Å². The number of fused-ring (bicyclic) bond motifs is 3. The van der Waals surface area contributed by atoms with Gasteiger partial charge in [0.25, 0.3) is 0 Å². The van der Waals surface area contributed by atoms with E-state index in [9.17, 15) is 33.6 Å². The molecule has 1 aromatic carbocycles. The van der Waals surface area contributed by atoms with Crippen LogP contribution in [0, 0.1) is 11.3 Å². The molecule has 2 aliphatic carbocycles. The molecule has 0 bridgehead atoms. The lowest BCUT2D eigenvalue weighted by atomic mass is 9.50. The van der Waals surface area contributed by atoms with Crippen LogP contribution in [0.2, 0.25) is 0 Å². The van der Waals surface area contributed by atoms with Gasteiger partial charge in [0.1, 0.15) is 37.3 Å². The molecule has 18 heteroatoms. The topological polar surface area (TPSA) is 221 Å². The number of carbonyl (C=O) groups is 7. The van der Waals surface area contributed by atoms with Crippen LogP contribution in [0.4, 0.5) is 0 Å². The van der Waals surface area contributed by atoms with E-state index in [2.05, 4.69) is 40.7 Å². The average Bonchev–Trinajstić information content (AvgIpc) is 3.16. The number of ether oxygens (including phenoxy) is 11. The lowest BCUT2D eigenvalue weighted by Gasteiger charge is -2.55. The summed E-state index contributed by atoms with van der Waals surface area (Å²) in [6.07, 6.45) is -10.5. The highest BCUT2D eigenvalue weighted by molar-refractivity contribution is 5.69. The Labute approximate surface area is 373 Å². The minimum Gasteiger partial charge on any atom is -0.463 e. The van der Waals surface area contributed by atoms with E-state index in [0.29, 0.717) is 11.7 Å². The maximum atomic E-state index is 13.0. The molecule has 12 atom stereocenters. The Balaban J connectivity index is 1.61. The summed E-state index contributed by atoms with van der Waals surface area (Å²) >= 11 is 0. The molecule has 18 nitrogen and oxygen atoms in total. The zero-order valence-electron chi connectivity index (χ0n) is 38.9. The van der Waals surface area contributed by atoms with E-state index in [-0.39, 0.29) is 16.7 Å². The van der Waals surface area contributed by atoms with Gasteiger partial charge in [0.2, 0.25) is 12.4 Å². The number of hydrogen-bond donors (Lipinski definition) is 0. The highest BCUT2D eigenvalue weighted by atomic mass is 16.8. The van der Waals surface area contributed by atoms with Gasteiger partial charge in [-0.25, -0.2) is 0 Å². The summed E-state index contributed by atoms with van der Waals surface area (Å²) < 4.78 is 65.1. The third kappa shape index (κ3) is 11.5. The van der Waals surface area contributed by atoms with Gasteiger partial charge in [-0.05, 0) is 65.5 Å². The van der Waals surface area contributed by atoms with E-state index < -0.39 is 116 Å². The molecule has 1 aromatic rings. The number of hydrogen-bond acceptors (Lipinski definition) is 18. The van der Waals surface area contributed by atoms with Crippen molar-refractivity contribution in [3.63, 3.8) is 0 Å². The second kappa shape index (κ2) is 20.6. The number of esters is 7. The Kier molecular flexibility index (Phi) is 16.1. The molecule has 0 unspecified atom stereocenters. The largest absolute Gasteiger partial charge is 0.463 e. The van der Waals surface area contributed by atoms with Gasteiger partial charge in [0.05, 0.1) is 0 Å². The SMILES string of the molecule is CC(=O)OC[C@H]1O[C@@H](O[C@H]2[C@H](OC(C)=O)[C@@H](OC(C)=O)[C@H](Oc3ccc4c(c3C(C)C)CC[C@H]3C(C)(C)CCC[C@]43C)O[C@@H]2COC(C)=O)[C@H](OC(C)=O)[C@@H](OC(C)=O)[C@H]1OC(C)=O. The Hall–Kier alpha value is -4.81. The van der Waals surface area contributed by atoms with E-state index >= 15 is 0 Å². The molecule has 0 amide bonds. The molecule has 2 aliphatic heterocycles. The van der Waals surface area contributed by atoms with Gasteiger partial charge in [-0.3, -0.25) is 33.6 Å². The van der Waals surface area contributed by atoms with E-state index in [1.165, 1.54) is 11.1 Å². The van der Waals surface area contributed by atoms with Crippen LogP contribution in [0.5, 0.6) is 5.75 Å². The van der Waals surface area contributed by atoms with Crippen molar-refractivity contribution in [3.8, 4) is 5.75 Å². The smallest absolute Gasteiger partial charge is 0.303 e. The van der Waals surface area contributed by atoms with Crippen LogP contribution in [0.3, 0.4) is 0 Å². The molecule has 0 N–H and O–H groups in total. The van der Waals surface area contributed by atoms with Crippen molar-refractivity contribution in [1.29, 1.82) is 0 Å². The van der Waals surface area contributed by atoms with E-state index in [0.717, 1.165) is 86.1 Å². The first-order valence-electron chi connectivity index (χ1n) is 21.9. The number of rotatable bonds is 14. The highest BCUT2D eigenvalue weighted by Gasteiger charge is 2.58. The van der Waals surface area contributed by atoms with Gasteiger partial charge >= 0.3 is 41.8 Å². The summed E-state index contributed by atoms with van der Waals surface area (Å²) in [5, 5.41) is 0. The standard InChI is InChI=1S/C46H64O18/c1-22(2)36-30-14-17-35-45(10,11)18-13-19-46(35,12)31(30)15-16-32(36)61-43-41(59-28(8)52)40(58-27(7)51)38(34(62-43)21-55-24(4)48)64-44-42(60-29(9)53)39(57-26(6)50)37(56-25(5)49)33(63-44)20-54-23(3)47/h15-16,22,33-35,37-44H,13-14,17-21H2,1-12H3/t33-,34-,35+,37+,38-,39+,40+,41-,42-,43-,44+,46-/m1/s1. The van der Waals surface area contributed by atoms with Crippen molar-refractivity contribution in [2.24, 2.45) is 11.3 Å². The highest BCUT2D eigenvalue weighted by Crippen LogP contribution is 2.58. The normalized spacial score (nSPS) is 31.8. The Morgan fingerprint density at radius 3 is 1.59 bits per heavy atom. The van der Waals surface area contributed by atoms with Crippen molar-refractivity contribution >= 4 is 41.8 Å². The molecule has 4 aliphatic rings. The molecule has 2 saturated heterocycles. The van der Waals surface area contributed by atoms with Gasteiger partial charge in [0.15, 0.2) is 30.7 Å². The van der Waals surface area contributed by atoms with Gasteiger partial charge < -0.3 is 52.1 Å². The zero-order valence-corrected chi connectivity index (χ0v) is 38.9. The number of benzene rings is 1. The monoisotopic (exact) mass is 904 g/mol. The van der Waals surface area contributed by atoms with Crippen LogP contribution < -0.4 is 4.74 Å². The first kappa shape index (κ1) is 50.2. The molecule has 0 spiro atoms. The van der Waals surface area contributed by atoms with E-state index in [1.807, 2.05) is 6.07 Å². The second-order valence-corrected chi connectivity index (χ2v) is 18.3. The fourth-order valence-corrected chi connectivity index (χ4v) is 10.3. The summed E-state index contributed by atoms with van der Waals surface area (Å²) in [7, 11) is 0. The average molecular weight is 905 g/mol. The fraction of sp³-hybridized carbons (Fsp3) is 0.717. The third-order valence-corrected chi connectivity index (χ3v) is 12.6. The van der Waals surface area contributed by atoms with Crippen LogP contribution in [-0.4, -0.2) is 116 Å². The quantitative estimate of drug-likeness (QED) is 0.180. The summed E-state index contributed by atoms with van der Waals surface area (Å²) in [6, 6.07) is 3.99. The molecule has 5 rings (SSSR count). The first-order chi connectivity index (χ1) is 29.9. The molecule has 1 saturated carbocycles. The molecule has 64 heavy (non-hydrogen) atoms. The summed E-state index contributed by atoms with van der Waals surface area (Å²) in [6.45, 7) is 17.8. The van der Waals surface area contributed by atoms with Crippen LogP contribution in [-0.2, 0) is 92.8 Å². The molecule has 0 radical (unpaired) electrons. The third-order valence-electron chi connectivity index (χ3n) is 12.6. The molecule has 2 heterocycles. The van der Waals surface area contributed by atoms with Crippen LogP contribution in [0.1, 0.15) is 131 Å². The predicted octanol–water partition coefficient (Wildman–Crippen LogP) is 4.84. The van der Waals surface area contributed by atoms with Crippen LogP contribution in [0.15, 0.2) is 12.1 Å². The first-order valence-corrected chi connectivity index (χ1v) is 21.9. The second-order valence-electron chi connectivity index (χ2n) is 18.3. The lowest BCUT2D eigenvalue weighted by Crippen LogP contribution is -2.67. The molecule has 356 valence electrons. The van der Waals surface area contributed by atoms with Gasteiger partial charge in [0, 0.05) is 54.0 Å². The van der Waals surface area contributed by atoms with Crippen LogP contribution in [0.25, 0.3) is 0 Å². The molecular formula is C46H64O18. The molecule has 0 aromatic heterocycles. The predicted molar refractivity (Wildman–Crippen MR) is 221 cm³/mol. The van der Waals surface area contributed by atoms with Gasteiger partial charge in [-0.1, -0.05) is 47.1 Å². The lowest BCUT2D eigenvalue weighted by molar-refractivity contribution is -0.354. The Bertz CT molecular complexity index is 1920. The van der Waals surface area contributed by atoms with Crippen molar-refractivity contribution < 1.29 is 85.7 Å². The molecule has 3 fully saturated rings. The van der Waals surface area contributed by atoms with E-state index in [1.54, 1.807) is 0 Å². The minimum atomic E-state index is -1.80. The van der Waals surface area contributed by atoms with Crippen molar-refractivity contribution in [2.75, 3.05) is 13.2 Å². The van der Waals surface area contributed by atoms with Crippen molar-refractivity contribution in [1.82, 2.24) is 0 Å². The van der Waals surface area contributed by atoms with Gasteiger partial charge in [-0.2, -0.15) is 0 Å². The summed E-state index contributed by atoms with van der Waals surface area (Å²) in [4.78, 5) is 87.8. The zero-order chi connectivity index (χ0) is 47.4. The van der Waals surface area contributed by atoms with Crippen molar-refractivity contribution in [2.45, 2.75) is 188 Å². The van der Waals surface area contributed by atoms with Gasteiger partial charge in [-0.15, -0.1) is 0 Å². The van der Waals surface area contributed by atoms with Crippen LogP contribution >= 0.6 is 0 Å². The van der Waals surface area contributed by atoms with E-state index in [4.69, 9.17) is 52.1 Å². The maximum absolute atomic E-state index is 13.0. The fourth-order valence-electron chi connectivity index (χ4n) is 10.3. The number of carbonyl (C=O) groups excluding carboxylic acids is 7. The summed E-state index contributed by atoms with van der Waals surface area (Å²) in [5.41, 5.74) is 3.51. The maximum Gasteiger partial charge on any atom is 0.303 e. The molecular weight excluding hydrogens is 840 g/mol. The Morgan fingerprint density at radius 1 is 0.609 bits per heavy atom. The summed E-state index contributed by atoms with van der Waals surface area (Å²) in [5.74, 6) is -4.84.